The van der Waals surface area contributed by atoms with Crippen LogP contribution in [0.3, 0.4) is 0 Å². The number of carbonyl (C=O) groups is 1. The lowest BCUT2D eigenvalue weighted by molar-refractivity contribution is -0.115. The van der Waals surface area contributed by atoms with Crippen LogP contribution in [0.15, 0.2) is 57.7 Å². The molecule has 0 spiro atoms. The fourth-order valence-corrected chi connectivity index (χ4v) is 2.47. The number of methoxy groups -OCH3 is 1. The van der Waals surface area contributed by atoms with Gasteiger partial charge in [-0.3, -0.25) is 9.59 Å². The SMILES string of the molecule is COc1ccc2oc(-c3ccc(NC(=O)C(Cl)(Cl)Cl)cc3)cc(=O)c2c1. The van der Waals surface area contributed by atoms with E-state index in [0.717, 1.165) is 0 Å². The molecule has 26 heavy (non-hydrogen) atoms. The van der Waals surface area contributed by atoms with Crippen LogP contribution >= 0.6 is 34.8 Å². The number of hydrogen-bond acceptors (Lipinski definition) is 4. The number of hydrogen-bond donors (Lipinski definition) is 1. The van der Waals surface area contributed by atoms with Crippen LogP contribution < -0.4 is 15.5 Å². The molecule has 1 amide bonds. The number of anilines is 1. The molecule has 0 aliphatic heterocycles. The van der Waals surface area contributed by atoms with Crippen LogP contribution in [0.4, 0.5) is 5.69 Å². The Morgan fingerprint density at radius 2 is 1.77 bits per heavy atom. The van der Waals surface area contributed by atoms with E-state index in [1.807, 2.05) is 0 Å². The zero-order valence-corrected chi connectivity index (χ0v) is 15.7. The molecular formula is C18H12Cl3NO4. The van der Waals surface area contributed by atoms with Gasteiger partial charge in [0.1, 0.15) is 17.1 Å². The molecule has 0 bridgehead atoms. The monoisotopic (exact) mass is 411 g/mol. The lowest BCUT2D eigenvalue weighted by atomic mass is 10.1. The van der Waals surface area contributed by atoms with E-state index in [2.05, 4.69) is 5.32 Å². The van der Waals surface area contributed by atoms with Crippen molar-refractivity contribution in [1.82, 2.24) is 0 Å². The maximum atomic E-state index is 12.3. The van der Waals surface area contributed by atoms with Crippen LogP contribution in [0, 0.1) is 0 Å². The topological polar surface area (TPSA) is 68.5 Å². The Morgan fingerprint density at radius 3 is 2.38 bits per heavy atom. The van der Waals surface area contributed by atoms with E-state index >= 15 is 0 Å². The summed E-state index contributed by atoms with van der Waals surface area (Å²) in [5.41, 5.74) is 1.36. The average molecular weight is 413 g/mol. The van der Waals surface area contributed by atoms with Crippen molar-refractivity contribution >= 4 is 57.4 Å². The standard InChI is InChI=1S/C18H12Cl3NO4/c1-25-12-6-7-15-13(8-12)14(23)9-16(26-15)10-2-4-11(5-3-10)22-17(24)18(19,20)21/h2-9H,1H3,(H,22,24). The van der Waals surface area contributed by atoms with Crippen LogP contribution in [0.1, 0.15) is 0 Å². The Balaban J connectivity index is 1.92. The highest BCUT2D eigenvalue weighted by Gasteiger charge is 2.30. The quantitative estimate of drug-likeness (QED) is 0.629. The fraction of sp³-hybridized carbons (Fsp3) is 0.111. The van der Waals surface area contributed by atoms with Gasteiger partial charge >= 0.3 is 0 Å². The third-order valence-electron chi connectivity index (χ3n) is 3.62. The van der Waals surface area contributed by atoms with E-state index in [-0.39, 0.29) is 5.43 Å². The van der Waals surface area contributed by atoms with Gasteiger partial charge in [-0.2, -0.15) is 0 Å². The van der Waals surface area contributed by atoms with Gasteiger partial charge in [-0.1, -0.05) is 34.8 Å². The van der Waals surface area contributed by atoms with Gasteiger partial charge in [0, 0.05) is 17.3 Å². The molecule has 0 radical (unpaired) electrons. The summed E-state index contributed by atoms with van der Waals surface area (Å²) in [6, 6.07) is 13.0. The van der Waals surface area contributed by atoms with Gasteiger partial charge in [0.05, 0.1) is 12.5 Å². The van der Waals surface area contributed by atoms with Crippen molar-refractivity contribution in [2.75, 3.05) is 12.4 Å². The van der Waals surface area contributed by atoms with Gasteiger partial charge in [0.2, 0.25) is 0 Å². The highest BCUT2D eigenvalue weighted by atomic mass is 35.6. The van der Waals surface area contributed by atoms with E-state index in [4.69, 9.17) is 44.0 Å². The number of amides is 1. The molecule has 0 aliphatic carbocycles. The van der Waals surface area contributed by atoms with Crippen molar-refractivity contribution in [2.24, 2.45) is 0 Å². The molecule has 3 aromatic rings. The number of ether oxygens (including phenoxy) is 1. The molecule has 3 rings (SSSR count). The Bertz CT molecular complexity index is 1020. The van der Waals surface area contributed by atoms with Gasteiger partial charge in [-0.05, 0) is 42.5 Å². The summed E-state index contributed by atoms with van der Waals surface area (Å²) in [5.74, 6) is 0.208. The van der Waals surface area contributed by atoms with Crippen molar-refractivity contribution in [3.05, 3.63) is 58.8 Å². The highest BCUT2D eigenvalue weighted by molar-refractivity contribution is 6.76. The molecule has 1 N–H and O–H groups in total. The number of nitrogens with one attached hydrogen (secondary N) is 1. The summed E-state index contributed by atoms with van der Waals surface area (Å²) in [7, 11) is 1.53. The van der Waals surface area contributed by atoms with E-state index in [0.29, 0.717) is 33.7 Å². The van der Waals surface area contributed by atoms with E-state index < -0.39 is 9.70 Å². The number of alkyl halides is 3. The number of halogens is 3. The van der Waals surface area contributed by atoms with Crippen molar-refractivity contribution < 1.29 is 13.9 Å². The van der Waals surface area contributed by atoms with Gasteiger partial charge in [0.15, 0.2) is 5.43 Å². The molecule has 8 heteroatoms. The predicted octanol–water partition coefficient (Wildman–Crippen LogP) is 4.78. The molecule has 0 unspecified atom stereocenters. The van der Waals surface area contributed by atoms with Crippen molar-refractivity contribution in [3.63, 3.8) is 0 Å². The summed E-state index contributed by atoms with van der Waals surface area (Å²) in [4.78, 5) is 24.0. The van der Waals surface area contributed by atoms with Crippen LogP contribution in [-0.2, 0) is 4.79 Å². The Hall–Kier alpha value is -2.21. The van der Waals surface area contributed by atoms with Crippen molar-refractivity contribution in [1.29, 1.82) is 0 Å². The van der Waals surface area contributed by atoms with Crippen molar-refractivity contribution in [3.8, 4) is 17.1 Å². The molecule has 5 nitrogen and oxygen atoms in total. The molecule has 1 aromatic heterocycles. The van der Waals surface area contributed by atoms with Gasteiger partial charge in [0.25, 0.3) is 9.70 Å². The lowest BCUT2D eigenvalue weighted by Gasteiger charge is -2.11. The molecule has 0 fully saturated rings. The first-order valence-electron chi connectivity index (χ1n) is 7.38. The maximum absolute atomic E-state index is 12.3. The molecule has 0 saturated heterocycles. The van der Waals surface area contributed by atoms with E-state index in [1.54, 1.807) is 42.5 Å². The van der Waals surface area contributed by atoms with Crippen LogP contribution in [-0.4, -0.2) is 16.8 Å². The molecule has 0 saturated carbocycles. The first-order chi connectivity index (χ1) is 12.3. The second kappa shape index (κ2) is 7.19. The first-order valence-corrected chi connectivity index (χ1v) is 8.52. The Kier molecular flexibility index (Phi) is 5.14. The lowest BCUT2D eigenvalue weighted by Crippen LogP contribution is -2.26. The Morgan fingerprint density at radius 1 is 1.08 bits per heavy atom. The van der Waals surface area contributed by atoms with Gasteiger partial charge < -0.3 is 14.5 Å². The predicted molar refractivity (Wildman–Crippen MR) is 103 cm³/mol. The number of benzene rings is 2. The molecule has 1 heterocycles. The second-order valence-corrected chi connectivity index (χ2v) is 7.65. The summed E-state index contributed by atoms with van der Waals surface area (Å²) in [5, 5.41) is 2.90. The third kappa shape index (κ3) is 3.96. The third-order valence-corrected chi connectivity index (χ3v) is 4.13. The second-order valence-electron chi connectivity index (χ2n) is 5.37. The Labute approximate surface area is 163 Å². The van der Waals surface area contributed by atoms with Crippen molar-refractivity contribution in [2.45, 2.75) is 3.79 Å². The zero-order chi connectivity index (χ0) is 18.9. The summed E-state index contributed by atoms with van der Waals surface area (Å²) >= 11 is 16.5. The zero-order valence-electron chi connectivity index (χ0n) is 13.4. The molecular weight excluding hydrogens is 401 g/mol. The molecule has 2 aromatic carbocycles. The minimum atomic E-state index is -2.05. The van der Waals surface area contributed by atoms with Crippen LogP contribution in [0.25, 0.3) is 22.3 Å². The summed E-state index contributed by atoms with van der Waals surface area (Å²) < 4.78 is 8.86. The number of fused-ring (bicyclic) bond motifs is 1. The maximum Gasteiger partial charge on any atom is 0.276 e. The molecule has 0 atom stereocenters. The number of carbonyl (C=O) groups excluding carboxylic acids is 1. The van der Waals surface area contributed by atoms with Gasteiger partial charge in [-0.25, -0.2) is 0 Å². The van der Waals surface area contributed by atoms with E-state index in [9.17, 15) is 9.59 Å². The normalized spacial score (nSPS) is 11.4. The molecule has 134 valence electrons. The minimum absolute atomic E-state index is 0.186. The smallest absolute Gasteiger partial charge is 0.276 e. The van der Waals surface area contributed by atoms with Crippen LogP contribution in [0.2, 0.25) is 0 Å². The highest BCUT2D eigenvalue weighted by Crippen LogP contribution is 2.29. The van der Waals surface area contributed by atoms with Gasteiger partial charge in [-0.15, -0.1) is 0 Å². The minimum Gasteiger partial charge on any atom is -0.497 e. The fourth-order valence-electron chi connectivity index (χ4n) is 2.32. The first kappa shape index (κ1) is 18.6. The summed E-state index contributed by atoms with van der Waals surface area (Å²) in [6.07, 6.45) is 0. The summed E-state index contributed by atoms with van der Waals surface area (Å²) in [6.45, 7) is 0. The van der Waals surface area contributed by atoms with Crippen LogP contribution in [0.5, 0.6) is 5.75 Å². The largest absolute Gasteiger partial charge is 0.497 e. The average Bonchev–Trinajstić information content (AvgIpc) is 2.61. The van der Waals surface area contributed by atoms with E-state index in [1.165, 1.54) is 13.2 Å². The molecule has 0 aliphatic rings. The number of rotatable bonds is 3.